The zero-order valence-corrected chi connectivity index (χ0v) is 19.5. The molecule has 1 unspecified atom stereocenters. The molecule has 164 valence electrons. The van der Waals surface area contributed by atoms with Crippen molar-refractivity contribution in [3.8, 4) is 28.5 Å². The highest BCUT2D eigenvalue weighted by molar-refractivity contribution is 7.99. The summed E-state index contributed by atoms with van der Waals surface area (Å²) in [5.41, 5.74) is 3.74. The van der Waals surface area contributed by atoms with Gasteiger partial charge in [0.15, 0.2) is 11.6 Å². The van der Waals surface area contributed by atoms with Crippen LogP contribution in [0, 0.1) is 6.92 Å². The minimum Gasteiger partial charge on any atom is -0.411 e. The minimum atomic E-state index is -0.143. The predicted octanol–water partition coefficient (Wildman–Crippen LogP) is 6.19. The van der Waals surface area contributed by atoms with Gasteiger partial charge in [-0.1, -0.05) is 53.2 Å². The molecule has 2 aromatic carbocycles. The van der Waals surface area contributed by atoms with Gasteiger partial charge in [-0.05, 0) is 50.2 Å². The van der Waals surface area contributed by atoms with Gasteiger partial charge in [0.2, 0.25) is 5.89 Å². The molecule has 0 bridgehead atoms. The van der Waals surface area contributed by atoms with E-state index in [-0.39, 0.29) is 5.25 Å². The first-order chi connectivity index (χ1) is 16.1. The average Bonchev–Trinajstić information content (AvgIpc) is 3.48. The first-order valence-corrected chi connectivity index (χ1v) is 11.5. The molecule has 0 N–H and O–H groups in total. The summed E-state index contributed by atoms with van der Waals surface area (Å²) in [6.07, 6.45) is 3.45. The van der Waals surface area contributed by atoms with E-state index in [1.54, 1.807) is 12.4 Å². The highest BCUT2D eigenvalue weighted by Crippen LogP contribution is 2.38. The highest BCUT2D eigenvalue weighted by Gasteiger charge is 2.24. The smallest absolute Gasteiger partial charge is 0.277 e. The fourth-order valence-corrected chi connectivity index (χ4v) is 4.39. The molecular weight excluding hydrogens is 456 g/mol. The van der Waals surface area contributed by atoms with E-state index in [0.717, 1.165) is 22.6 Å². The van der Waals surface area contributed by atoms with Crippen LogP contribution in [-0.4, -0.2) is 29.9 Å². The second kappa shape index (κ2) is 9.17. The SMILES string of the molecule is Cc1ccc(-c2nnc(SC(C)c3nnc(-c4ccncc4)n3-c3ccccc3Cl)o2)cc1. The molecule has 0 radical (unpaired) electrons. The Morgan fingerprint density at radius 1 is 0.879 bits per heavy atom. The van der Waals surface area contributed by atoms with Crippen molar-refractivity contribution in [1.29, 1.82) is 0 Å². The second-order valence-corrected chi connectivity index (χ2v) is 9.10. The van der Waals surface area contributed by atoms with Gasteiger partial charge in [-0.25, -0.2) is 0 Å². The predicted molar refractivity (Wildman–Crippen MR) is 128 cm³/mol. The Hall–Kier alpha value is -3.49. The Labute approximate surface area is 199 Å². The zero-order valence-electron chi connectivity index (χ0n) is 17.9. The van der Waals surface area contributed by atoms with Gasteiger partial charge in [0, 0.05) is 23.5 Å². The molecule has 0 saturated heterocycles. The third-order valence-corrected chi connectivity index (χ3v) is 6.32. The van der Waals surface area contributed by atoms with Gasteiger partial charge >= 0.3 is 0 Å². The Balaban J connectivity index is 1.50. The summed E-state index contributed by atoms with van der Waals surface area (Å²) < 4.78 is 7.88. The molecule has 9 heteroatoms. The molecule has 1 atom stereocenters. The number of hydrogen-bond acceptors (Lipinski definition) is 7. The summed E-state index contributed by atoms with van der Waals surface area (Å²) in [7, 11) is 0. The molecule has 5 rings (SSSR count). The third-order valence-electron chi connectivity index (χ3n) is 5.07. The molecule has 7 nitrogen and oxygen atoms in total. The van der Waals surface area contributed by atoms with Crippen molar-refractivity contribution in [1.82, 2.24) is 29.9 Å². The molecule has 3 heterocycles. The van der Waals surface area contributed by atoms with Crippen molar-refractivity contribution in [2.24, 2.45) is 0 Å². The summed E-state index contributed by atoms with van der Waals surface area (Å²) in [6.45, 7) is 4.06. The monoisotopic (exact) mass is 474 g/mol. The van der Waals surface area contributed by atoms with Crippen LogP contribution in [0.1, 0.15) is 23.6 Å². The summed E-state index contributed by atoms with van der Waals surface area (Å²) in [4.78, 5) is 4.11. The maximum Gasteiger partial charge on any atom is 0.277 e. The Kier molecular flexibility index (Phi) is 5.93. The van der Waals surface area contributed by atoms with E-state index in [1.807, 2.05) is 79.1 Å². The lowest BCUT2D eigenvalue weighted by molar-refractivity contribution is 0.464. The van der Waals surface area contributed by atoms with E-state index in [0.29, 0.717) is 22.0 Å². The normalized spacial score (nSPS) is 12.1. The first kappa shape index (κ1) is 21.4. The van der Waals surface area contributed by atoms with E-state index in [1.165, 1.54) is 17.3 Å². The van der Waals surface area contributed by atoms with Crippen molar-refractivity contribution in [3.05, 3.63) is 89.5 Å². The number of para-hydroxylation sites is 1. The molecule has 5 aromatic rings. The summed E-state index contributed by atoms with van der Waals surface area (Å²) in [6, 6.07) is 19.4. The summed E-state index contributed by atoms with van der Waals surface area (Å²) in [5.74, 6) is 1.88. The van der Waals surface area contributed by atoms with Crippen molar-refractivity contribution in [3.63, 3.8) is 0 Å². The van der Waals surface area contributed by atoms with Crippen LogP contribution in [0.4, 0.5) is 0 Å². The Morgan fingerprint density at radius 3 is 2.39 bits per heavy atom. The van der Waals surface area contributed by atoms with Crippen molar-refractivity contribution >= 4 is 23.4 Å². The Bertz CT molecular complexity index is 1380. The maximum absolute atomic E-state index is 6.56. The van der Waals surface area contributed by atoms with Crippen LogP contribution in [0.5, 0.6) is 0 Å². The fourth-order valence-electron chi connectivity index (χ4n) is 3.39. The first-order valence-electron chi connectivity index (χ1n) is 10.3. The third kappa shape index (κ3) is 4.40. The van der Waals surface area contributed by atoms with E-state index in [4.69, 9.17) is 16.0 Å². The molecule has 3 aromatic heterocycles. The number of rotatable bonds is 6. The number of thioether (sulfide) groups is 1. The van der Waals surface area contributed by atoms with Gasteiger partial charge in [0.25, 0.3) is 5.22 Å². The van der Waals surface area contributed by atoms with Crippen molar-refractivity contribution in [2.45, 2.75) is 24.3 Å². The molecule has 0 saturated carbocycles. The van der Waals surface area contributed by atoms with Crippen LogP contribution in [0.25, 0.3) is 28.5 Å². The van der Waals surface area contributed by atoms with E-state index in [9.17, 15) is 0 Å². The quantitative estimate of drug-likeness (QED) is 0.271. The van der Waals surface area contributed by atoms with Crippen LogP contribution in [0.2, 0.25) is 5.02 Å². The van der Waals surface area contributed by atoms with Gasteiger partial charge in [0.05, 0.1) is 16.0 Å². The number of hydrogen-bond donors (Lipinski definition) is 0. The second-order valence-electron chi connectivity index (χ2n) is 7.40. The lowest BCUT2D eigenvalue weighted by Crippen LogP contribution is -2.06. The van der Waals surface area contributed by atoms with Crippen molar-refractivity contribution in [2.75, 3.05) is 0 Å². The maximum atomic E-state index is 6.56. The van der Waals surface area contributed by atoms with E-state index >= 15 is 0 Å². The number of nitrogens with zero attached hydrogens (tertiary/aromatic N) is 6. The van der Waals surface area contributed by atoms with Gasteiger partial charge in [-0.15, -0.1) is 20.4 Å². The molecule has 0 aliphatic rings. The van der Waals surface area contributed by atoms with Crippen LogP contribution in [-0.2, 0) is 0 Å². The largest absolute Gasteiger partial charge is 0.411 e. The number of benzene rings is 2. The number of aromatic nitrogens is 6. The van der Waals surface area contributed by atoms with E-state index in [2.05, 4.69) is 25.4 Å². The lowest BCUT2D eigenvalue weighted by atomic mass is 10.1. The van der Waals surface area contributed by atoms with Gasteiger partial charge < -0.3 is 4.42 Å². The molecular formula is C24H19ClN6OS. The molecule has 0 amide bonds. The average molecular weight is 475 g/mol. The number of halogens is 1. The van der Waals surface area contributed by atoms with Crippen LogP contribution in [0.15, 0.2) is 82.7 Å². The zero-order chi connectivity index (χ0) is 22.8. The molecule has 0 spiro atoms. The van der Waals surface area contributed by atoms with Crippen molar-refractivity contribution < 1.29 is 4.42 Å². The van der Waals surface area contributed by atoms with Crippen LogP contribution in [0.3, 0.4) is 0 Å². The summed E-state index contributed by atoms with van der Waals surface area (Å²) >= 11 is 7.98. The lowest BCUT2D eigenvalue weighted by Gasteiger charge is -2.15. The standard InChI is InChI=1S/C24H19ClN6OS/c1-15-7-9-18(10-8-15)23-29-30-24(32-23)33-16(2)21-27-28-22(17-11-13-26-14-12-17)31(21)20-6-4-3-5-19(20)25/h3-14,16H,1-2H3. The fraction of sp³-hybridized carbons (Fsp3) is 0.125. The van der Waals surface area contributed by atoms with Gasteiger partial charge in [-0.3, -0.25) is 9.55 Å². The molecule has 0 aliphatic heterocycles. The van der Waals surface area contributed by atoms with Crippen LogP contribution >= 0.6 is 23.4 Å². The Morgan fingerprint density at radius 2 is 1.64 bits per heavy atom. The topological polar surface area (TPSA) is 82.5 Å². The highest BCUT2D eigenvalue weighted by atomic mass is 35.5. The van der Waals surface area contributed by atoms with Gasteiger partial charge in [0.1, 0.15) is 0 Å². The number of pyridine rings is 1. The van der Waals surface area contributed by atoms with Gasteiger partial charge in [-0.2, -0.15) is 0 Å². The summed E-state index contributed by atoms with van der Waals surface area (Å²) in [5, 5.41) is 18.3. The molecule has 0 fully saturated rings. The number of aryl methyl sites for hydroxylation is 1. The molecule has 0 aliphatic carbocycles. The molecule has 33 heavy (non-hydrogen) atoms. The minimum absolute atomic E-state index is 0.143. The van der Waals surface area contributed by atoms with Crippen LogP contribution < -0.4 is 0 Å². The van der Waals surface area contributed by atoms with E-state index < -0.39 is 0 Å².